The van der Waals surface area contributed by atoms with Crippen LogP contribution in [0.15, 0.2) is 54.9 Å². The van der Waals surface area contributed by atoms with E-state index in [9.17, 15) is 13.6 Å². The zero-order chi connectivity index (χ0) is 22.7. The number of aromatic nitrogens is 2. The SMILES string of the molecule is COC[C@@H]1C[C@H](n2cc(NC(=O)c3cccc(F)c3)cn2)CN1Cc1ccc(F)c(Cl)c1. The highest BCUT2D eigenvalue weighted by Gasteiger charge is 2.33. The van der Waals surface area contributed by atoms with Crippen LogP contribution in [-0.4, -0.2) is 46.9 Å². The summed E-state index contributed by atoms with van der Waals surface area (Å²) in [6.07, 6.45) is 4.15. The van der Waals surface area contributed by atoms with E-state index >= 15 is 0 Å². The van der Waals surface area contributed by atoms with Gasteiger partial charge >= 0.3 is 0 Å². The number of carbonyl (C=O) groups is 1. The number of methoxy groups -OCH3 is 1. The van der Waals surface area contributed by atoms with Gasteiger partial charge in [0, 0.05) is 38.0 Å². The molecule has 32 heavy (non-hydrogen) atoms. The van der Waals surface area contributed by atoms with Crippen molar-refractivity contribution < 1.29 is 18.3 Å². The standard InChI is InChI=1S/C23H23ClF2N4O2/c1-32-14-20-9-19(13-29(20)11-15-5-6-22(26)21(24)7-15)30-12-18(10-27-30)28-23(31)16-3-2-4-17(25)8-16/h2-8,10,12,19-20H,9,11,13-14H2,1H3,(H,28,31)/t19-,20-/m0/s1. The first-order valence-corrected chi connectivity index (χ1v) is 10.6. The summed E-state index contributed by atoms with van der Waals surface area (Å²) in [5, 5.41) is 7.27. The Bertz CT molecular complexity index is 1110. The second-order valence-electron chi connectivity index (χ2n) is 7.85. The lowest BCUT2D eigenvalue weighted by atomic mass is 10.1. The molecule has 1 aliphatic heterocycles. The molecular weight excluding hydrogens is 438 g/mol. The molecule has 1 amide bonds. The number of halogens is 3. The van der Waals surface area contributed by atoms with Crippen LogP contribution in [0.25, 0.3) is 0 Å². The topological polar surface area (TPSA) is 59.4 Å². The van der Waals surface area contributed by atoms with E-state index in [1.54, 1.807) is 37.7 Å². The second kappa shape index (κ2) is 9.77. The molecule has 0 saturated carbocycles. The first kappa shape index (κ1) is 22.4. The third-order valence-electron chi connectivity index (χ3n) is 5.55. The van der Waals surface area contributed by atoms with Crippen molar-refractivity contribution in [3.8, 4) is 0 Å². The molecule has 1 N–H and O–H groups in total. The summed E-state index contributed by atoms with van der Waals surface area (Å²) < 4.78 is 34.1. The summed E-state index contributed by atoms with van der Waals surface area (Å²) in [5.41, 5.74) is 1.69. The number of amides is 1. The van der Waals surface area contributed by atoms with E-state index in [0.717, 1.165) is 12.0 Å². The Kier molecular flexibility index (Phi) is 6.83. The number of ether oxygens (including phenoxy) is 1. The molecule has 0 bridgehead atoms. The van der Waals surface area contributed by atoms with Gasteiger partial charge in [-0.05, 0) is 42.3 Å². The van der Waals surface area contributed by atoms with Crippen molar-refractivity contribution >= 4 is 23.2 Å². The molecule has 168 valence electrons. The second-order valence-corrected chi connectivity index (χ2v) is 8.26. The van der Waals surface area contributed by atoms with Crippen LogP contribution in [0.3, 0.4) is 0 Å². The van der Waals surface area contributed by atoms with Crippen molar-refractivity contribution in [3.05, 3.63) is 82.6 Å². The number of nitrogens with zero attached hydrogens (tertiary/aromatic N) is 3. The molecule has 6 nitrogen and oxygen atoms in total. The van der Waals surface area contributed by atoms with E-state index in [2.05, 4.69) is 15.3 Å². The first-order chi connectivity index (χ1) is 15.4. The highest BCUT2D eigenvalue weighted by Crippen LogP contribution is 2.30. The molecule has 0 unspecified atom stereocenters. The van der Waals surface area contributed by atoms with Gasteiger partial charge in [-0.1, -0.05) is 23.7 Å². The predicted octanol–water partition coefficient (Wildman–Crippen LogP) is 4.53. The summed E-state index contributed by atoms with van der Waals surface area (Å²) in [4.78, 5) is 14.6. The number of benzene rings is 2. The molecular formula is C23H23ClF2N4O2. The zero-order valence-corrected chi connectivity index (χ0v) is 18.2. The predicted molar refractivity (Wildman–Crippen MR) is 118 cm³/mol. The molecule has 3 aromatic rings. The Morgan fingerprint density at radius 3 is 2.88 bits per heavy atom. The maximum atomic E-state index is 13.5. The molecule has 0 aliphatic carbocycles. The average molecular weight is 461 g/mol. The number of hydrogen-bond acceptors (Lipinski definition) is 4. The highest BCUT2D eigenvalue weighted by molar-refractivity contribution is 6.30. The monoisotopic (exact) mass is 460 g/mol. The van der Waals surface area contributed by atoms with Crippen LogP contribution in [0, 0.1) is 11.6 Å². The Hall–Kier alpha value is -2.81. The maximum absolute atomic E-state index is 13.5. The lowest BCUT2D eigenvalue weighted by Crippen LogP contribution is -2.32. The Labute approximate surface area is 189 Å². The average Bonchev–Trinajstić information content (AvgIpc) is 3.38. The molecule has 9 heteroatoms. The van der Waals surface area contributed by atoms with Crippen molar-refractivity contribution in [2.45, 2.75) is 25.0 Å². The van der Waals surface area contributed by atoms with E-state index < -0.39 is 17.5 Å². The number of hydrogen-bond donors (Lipinski definition) is 1. The van der Waals surface area contributed by atoms with Crippen molar-refractivity contribution in [1.29, 1.82) is 0 Å². The van der Waals surface area contributed by atoms with Gasteiger partial charge in [0.05, 0.1) is 29.6 Å². The summed E-state index contributed by atoms with van der Waals surface area (Å²) in [6, 6.07) is 10.5. The lowest BCUT2D eigenvalue weighted by Gasteiger charge is -2.23. The Morgan fingerprint density at radius 1 is 1.28 bits per heavy atom. The van der Waals surface area contributed by atoms with Gasteiger partial charge in [0.1, 0.15) is 11.6 Å². The van der Waals surface area contributed by atoms with E-state index in [4.69, 9.17) is 16.3 Å². The normalized spacial score (nSPS) is 18.8. The molecule has 1 aliphatic rings. The van der Waals surface area contributed by atoms with Crippen LogP contribution >= 0.6 is 11.6 Å². The van der Waals surface area contributed by atoms with Crippen LogP contribution in [-0.2, 0) is 11.3 Å². The summed E-state index contributed by atoms with van der Waals surface area (Å²) in [5.74, 6) is -1.30. The molecule has 2 atom stereocenters. The minimum absolute atomic E-state index is 0.0749. The molecule has 1 fully saturated rings. The molecule has 2 heterocycles. The van der Waals surface area contributed by atoms with E-state index in [1.807, 2.05) is 4.68 Å². The van der Waals surface area contributed by atoms with Crippen LogP contribution in [0.5, 0.6) is 0 Å². The Balaban J connectivity index is 1.44. The van der Waals surface area contributed by atoms with Crippen molar-refractivity contribution in [2.24, 2.45) is 0 Å². The van der Waals surface area contributed by atoms with Crippen LogP contribution in [0.4, 0.5) is 14.5 Å². The van der Waals surface area contributed by atoms with Crippen LogP contribution < -0.4 is 5.32 Å². The first-order valence-electron chi connectivity index (χ1n) is 10.2. The largest absolute Gasteiger partial charge is 0.383 e. The van der Waals surface area contributed by atoms with E-state index in [1.165, 1.54) is 24.3 Å². The number of rotatable bonds is 7. The van der Waals surface area contributed by atoms with Crippen molar-refractivity contribution in [3.63, 3.8) is 0 Å². The fourth-order valence-electron chi connectivity index (χ4n) is 4.02. The molecule has 1 aromatic heterocycles. The lowest BCUT2D eigenvalue weighted by molar-refractivity contribution is 0.102. The van der Waals surface area contributed by atoms with Gasteiger partial charge < -0.3 is 10.1 Å². The molecule has 4 rings (SSSR count). The molecule has 2 aromatic carbocycles. The van der Waals surface area contributed by atoms with Crippen LogP contribution in [0.2, 0.25) is 5.02 Å². The van der Waals surface area contributed by atoms with Gasteiger partial charge in [0.2, 0.25) is 0 Å². The van der Waals surface area contributed by atoms with E-state index in [0.29, 0.717) is 25.4 Å². The summed E-state index contributed by atoms with van der Waals surface area (Å²) >= 11 is 5.93. The summed E-state index contributed by atoms with van der Waals surface area (Å²) in [6.45, 7) is 1.87. The van der Waals surface area contributed by atoms with Gasteiger partial charge in [-0.15, -0.1) is 0 Å². The van der Waals surface area contributed by atoms with Gasteiger partial charge in [0.15, 0.2) is 0 Å². The van der Waals surface area contributed by atoms with Crippen LogP contribution in [0.1, 0.15) is 28.4 Å². The number of likely N-dealkylation sites (tertiary alicyclic amines) is 1. The molecule has 0 spiro atoms. The fourth-order valence-corrected chi connectivity index (χ4v) is 4.22. The molecule has 0 radical (unpaired) electrons. The fraction of sp³-hybridized carbons (Fsp3) is 0.304. The third-order valence-corrected chi connectivity index (χ3v) is 5.84. The van der Waals surface area contributed by atoms with Crippen molar-refractivity contribution in [2.75, 3.05) is 25.6 Å². The van der Waals surface area contributed by atoms with Gasteiger partial charge in [-0.2, -0.15) is 5.10 Å². The van der Waals surface area contributed by atoms with Gasteiger partial charge in [-0.3, -0.25) is 14.4 Å². The number of anilines is 1. The minimum atomic E-state index is -0.467. The van der Waals surface area contributed by atoms with Crippen molar-refractivity contribution in [1.82, 2.24) is 14.7 Å². The van der Waals surface area contributed by atoms with Gasteiger partial charge in [0.25, 0.3) is 5.91 Å². The van der Waals surface area contributed by atoms with E-state index in [-0.39, 0.29) is 22.7 Å². The third kappa shape index (κ3) is 5.15. The maximum Gasteiger partial charge on any atom is 0.255 e. The number of carbonyl (C=O) groups excluding carboxylic acids is 1. The number of nitrogens with one attached hydrogen (secondary N) is 1. The summed E-state index contributed by atoms with van der Waals surface area (Å²) in [7, 11) is 1.66. The molecule has 1 saturated heterocycles. The minimum Gasteiger partial charge on any atom is -0.383 e. The zero-order valence-electron chi connectivity index (χ0n) is 17.5. The smallest absolute Gasteiger partial charge is 0.255 e. The quantitative estimate of drug-likeness (QED) is 0.563. The van der Waals surface area contributed by atoms with Gasteiger partial charge in [-0.25, -0.2) is 8.78 Å². The Morgan fingerprint density at radius 2 is 2.12 bits per heavy atom. The highest BCUT2D eigenvalue weighted by atomic mass is 35.5.